The fraction of sp³-hybridized carbons (Fsp3) is 0.167. The van der Waals surface area contributed by atoms with E-state index in [9.17, 15) is 8.42 Å². The lowest BCUT2D eigenvalue weighted by molar-refractivity contribution is 0.606. The summed E-state index contributed by atoms with van der Waals surface area (Å²) < 4.78 is 21.6. The third kappa shape index (κ3) is 2.09. The van der Waals surface area contributed by atoms with Crippen LogP contribution in [0.4, 0.5) is 0 Å². The number of hydrogen-bond acceptors (Lipinski definition) is 3. The molecule has 1 aromatic heterocycles. The third-order valence-corrected chi connectivity index (χ3v) is 2.80. The van der Waals surface area contributed by atoms with Crippen LogP contribution >= 0.6 is 22.3 Å². The number of rotatable bonds is 1. The second kappa shape index (κ2) is 3.20. The van der Waals surface area contributed by atoms with Crippen molar-refractivity contribution in [3.8, 4) is 0 Å². The number of halogens is 2. The minimum Gasteiger partial charge on any atom is -0.242 e. The Morgan fingerprint density at radius 2 is 2.08 bits per heavy atom. The van der Waals surface area contributed by atoms with Gasteiger partial charge in [-0.2, -0.15) is 0 Å². The van der Waals surface area contributed by atoms with E-state index in [-0.39, 0.29) is 10.0 Å². The highest BCUT2D eigenvalue weighted by atomic mass is 35.7. The van der Waals surface area contributed by atoms with Crippen molar-refractivity contribution in [1.82, 2.24) is 4.98 Å². The summed E-state index contributed by atoms with van der Waals surface area (Å²) in [6, 6.07) is 1.49. The molecule has 0 aromatic carbocycles. The average molecular weight is 226 g/mol. The Kier molecular flexibility index (Phi) is 2.61. The zero-order chi connectivity index (χ0) is 9.35. The van der Waals surface area contributed by atoms with E-state index in [0.29, 0.717) is 0 Å². The van der Waals surface area contributed by atoms with Crippen molar-refractivity contribution in [2.24, 2.45) is 0 Å². The van der Waals surface area contributed by atoms with Crippen LogP contribution in [0, 0.1) is 6.92 Å². The van der Waals surface area contributed by atoms with Gasteiger partial charge in [-0.15, -0.1) is 0 Å². The molecule has 0 unspecified atom stereocenters. The summed E-state index contributed by atoms with van der Waals surface area (Å²) in [5, 5.41) is -0.249. The van der Waals surface area contributed by atoms with Crippen LogP contribution in [0.25, 0.3) is 0 Å². The molecular weight excluding hydrogens is 221 g/mol. The molecule has 0 aliphatic carbocycles. The summed E-state index contributed by atoms with van der Waals surface area (Å²) in [6.45, 7) is 1.75. The minimum absolute atomic E-state index is 0.0463. The molecule has 0 fully saturated rings. The largest absolute Gasteiger partial charge is 0.280 e. The minimum atomic E-state index is -3.82. The van der Waals surface area contributed by atoms with Gasteiger partial charge in [0, 0.05) is 16.9 Å². The monoisotopic (exact) mass is 225 g/mol. The Balaban J connectivity index is 3.39. The molecule has 0 atom stereocenters. The summed E-state index contributed by atoms with van der Waals surface area (Å²) in [7, 11) is 1.22. The first kappa shape index (κ1) is 9.77. The van der Waals surface area contributed by atoms with Gasteiger partial charge in [0.2, 0.25) is 0 Å². The van der Waals surface area contributed by atoms with Crippen LogP contribution in [0.3, 0.4) is 0 Å². The van der Waals surface area contributed by atoms with E-state index in [2.05, 4.69) is 4.98 Å². The number of pyridine rings is 1. The molecule has 3 nitrogen and oxygen atoms in total. The van der Waals surface area contributed by atoms with Gasteiger partial charge in [0.15, 0.2) is 5.03 Å². The maximum atomic E-state index is 10.8. The Labute approximate surface area is 79.8 Å². The highest BCUT2D eigenvalue weighted by molar-refractivity contribution is 8.13. The summed E-state index contributed by atoms with van der Waals surface area (Å²) in [5.41, 5.74) is 0.782. The second-order valence-corrected chi connectivity index (χ2v) is 5.13. The van der Waals surface area contributed by atoms with E-state index < -0.39 is 9.05 Å². The second-order valence-electron chi connectivity index (χ2n) is 2.24. The molecule has 0 aliphatic heterocycles. The van der Waals surface area contributed by atoms with Crippen LogP contribution in [0.2, 0.25) is 5.02 Å². The van der Waals surface area contributed by atoms with Gasteiger partial charge in [-0.25, -0.2) is 13.4 Å². The molecule has 66 valence electrons. The maximum absolute atomic E-state index is 10.8. The molecule has 0 radical (unpaired) electrons. The molecule has 0 saturated carbocycles. The lowest BCUT2D eigenvalue weighted by atomic mass is 10.3. The molecule has 6 heteroatoms. The standard InChI is InChI=1S/C6H5Cl2NO2S/c1-4-2-5(7)6(9-3-4)12(8,10)11/h2-3H,1H3. The number of nitrogens with zero attached hydrogens (tertiary/aromatic N) is 1. The predicted molar refractivity (Wildman–Crippen MR) is 47.0 cm³/mol. The van der Waals surface area contributed by atoms with Gasteiger partial charge in [-0.05, 0) is 18.6 Å². The Morgan fingerprint density at radius 1 is 1.50 bits per heavy atom. The fourth-order valence-corrected chi connectivity index (χ4v) is 2.18. The lowest BCUT2D eigenvalue weighted by Crippen LogP contribution is -1.96. The average Bonchev–Trinajstić information content (AvgIpc) is 1.83. The highest BCUT2D eigenvalue weighted by Gasteiger charge is 2.15. The summed E-state index contributed by atoms with van der Waals surface area (Å²) in [5.74, 6) is 0. The SMILES string of the molecule is Cc1cnc(S(=O)(=O)Cl)c(Cl)c1. The van der Waals surface area contributed by atoms with E-state index in [0.717, 1.165) is 5.56 Å². The Morgan fingerprint density at radius 3 is 2.50 bits per heavy atom. The summed E-state index contributed by atoms with van der Waals surface area (Å²) in [6.07, 6.45) is 1.39. The molecule has 1 heterocycles. The van der Waals surface area contributed by atoms with Gasteiger partial charge in [0.25, 0.3) is 9.05 Å². The molecule has 0 aliphatic rings. The van der Waals surface area contributed by atoms with Crippen LogP contribution in [-0.2, 0) is 9.05 Å². The number of aromatic nitrogens is 1. The number of hydrogen-bond donors (Lipinski definition) is 0. The first-order valence-corrected chi connectivity index (χ1v) is 5.67. The first-order chi connectivity index (χ1) is 5.41. The zero-order valence-electron chi connectivity index (χ0n) is 6.08. The zero-order valence-corrected chi connectivity index (χ0v) is 8.41. The van der Waals surface area contributed by atoms with Crippen LogP contribution in [0.5, 0.6) is 0 Å². The van der Waals surface area contributed by atoms with E-state index in [1.165, 1.54) is 12.3 Å². The van der Waals surface area contributed by atoms with Crippen molar-refractivity contribution in [1.29, 1.82) is 0 Å². The smallest absolute Gasteiger partial charge is 0.242 e. The summed E-state index contributed by atoms with van der Waals surface area (Å²) in [4.78, 5) is 3.60. The van der Waals surface area contributed by atoms with Gasteiger partial charge >= 0.3 is 0 Å². The van der Waals surface area contributed by atoms with Crippen molar-refractivity contribution in [2.75, 3.05) is 0 Å². The molecule has 0 bridgehead atoms. The molecular formula is C6H5Cl2NO2S. The van der Waals surface area contributed by atoms with Gasteiger partial charge < -0.3 is 0 Å². The van der Waals surface area contributed by atoms with Crippen LogP contribution in [0.15, 0.2) is 17.3 Å². The maximum Gasteiger partial charge on any atom is 0.280 e. The lowest BCUT2D eigenvalue weighted by Gasteiger charge is -1.98. The van der Waals surface area contributed by atoms with Gasteiger partial charge in [0.1, 0.15) is 0 Å². The molecule has 0 spiro atoms. The first-order valence-electron chi connectivity index (χ1n) is 2.98. The molecule has 12 heavy (non-hydrogen) atoms. The van der Waals surface area contributed by atoms with Crippen molar-refractivity contribution >= 4 is 31.3 Å². The Bertz CT molecular complexity index is 402. The van der Waals surface area contributed by atoms with Crippen molar-refractivity contribution in [2.45, 2.75) is 11.9 Å². The van der Waals surface area contributed by atoms with Crippen molar-refractivity contribution in [3.63, 3.8) is 0 Å². The molecule has 0 saturated heterocycles. The van der Waals surface area contributed by atoms with Gasteiger partial charge in [-0.1, -0.05) is 11.6 Å². The predicted octanol–water partition coefficient (Wildman–Crippen LogP) is 1.97. The van der Waals surface area contributed by atoms with Crippen molar-refractivity contribution in [3.05, 3.63) is 22.8 Å². The Hall–Kier alpha value is -0.320. The summed E-state index contributed by atoms with van der Waals surface area (Å²) >= 11 is 5.59. The van der Waals surface area contributed by atoms with E-state index >= 15 is 0 Å². The molecule has 1 rings (SSSR count). The van der Waals surface area contributed by atoms with Crippen molar-refractivity contribution < 1.29 is 8.42 Å². The van der Waals surface area contributed by atoms with Crippen LogP contribution in [-0.4, -0.2) is 13.4 Å². The van der Waals surface area contributed by atoms with E-state index in [4.69, 9.17) is 22.3 Å². The van der Waals surface area contributed by atoms with Crippen LogP contribution < -0.4 is 0 Å². The normalized spacial score (nSPS) is 11.6. The number of aryl methyl sites for hydroxylation is 1. The van der Waals surface area contributed by atoms with Crippen LogP contribution in [0.1, 0.15) is 5.56 Å². The topological polar surface area (TPSA) is 47.0 Å². The fourth-order valence-electron chi connectivity index (χ4n) is 0.700. The highest BCUT2D eigenvalue weighted by Crippen LogP contribution is 2.22. The van der Waals surface area contributed by atoms with Gasteiger partial charge in [0.05, 0.1) is 5.02 Å². The quantitative estimate of drug-likeness (QED) is 0.687. The van der Waals surface area contributed by atoms with E-state index in [1.54, 1.807) is 6.92 Å². The molecule has 1 aromatic rings. The third-order valence-electron chi connectivity index (χ3n) is 1.18. The molecule has 0 amide bonds. The van der Waals surface area contributed by atoms with Gasteiger partial charge in [-0.3, -0.25) is 0 Å². The van der Waals surface area contributed by atoms with E-state index in [1.807, 2.05) is 0 Å². The molecule has 0 N–H and O–H groups in total.